The Hall–Kier alpha value is 3.54. The molecule has 0 aromatic heterocycles. The molecule has 0 rings (SSSR count). The summed E-state index contributed by atoms with van der Waals surface area (Å²) < 4.78 is 25.9. The second-order valence-electron chi connectivity index (χ2n) is 1.41. The topological polar surface area (TPSA) is 221 Å². The van der Waals surface area contributed by atoms with Crippen LogP contribution in [0.3, 0.4) is 0 Å². The van der Waals surface area contributed by atoms with Crippen LogP contribution in [-0.2, 0) is 18.2 Å². The van der Waals surface area contributed by atoms with Gasteiger partial charge in [-0.15, -0.1) is 0 Å². The number of carbonyl (C=O) groups excluding carboxylic acids is 1. The van der Waals surface area contributed by atoms with Crippen molar-refractivity contribution in [3.8, 4) is 0 Å². The molecule has 0 radical (unpaired) electrons. The monoisotopic (exact) mass is 392 g/mol. The van der Waals surface area contributed by atoms with Gasteiger partial charge in [-0.2, -0.15) is 0 Å². The zero-order valence-corrected chi connectivity index (χ0v) is 8.43. The van der Waals surface area contributed by atoms with Gasteiger partial charge in [0.05, 0.1) is 0 Å². The summed E-state index contributed by atoms with van der Waals surface area (Å²) in [5.74, 6) is 0. The zero-order chi connectivity index (χ0) is 9.99. The van der Waals surface area contributed by atoms with Gasteiger partial charge in [0.25, 0.3) is 0 Å². The fraction of sp³-hybridized carbons (Fsp3) is 0. The minimum absolute atomic E-state index is 0. The third kappa shape index (κ3) is 36.6. The Morgan fingerprint density at radius 3 is 1.06 bits per heavy atom. The predicted molar refractivity (Wildman–Crippen MR) is 75.9 cm³/mol. The molecule has 0 spiro atoms. The van der Waals surface area contributed by atoms with Gasteiger partial charge in [0.1, 0.15) is 0 Å². The van der Waals surface area contributed by atoms with E-state index >= 15 is 0 Å². The molecule has 0 saturated carbocycles. The summed E-state index contributed by atoms with van der Waals surface area (Å²) in [6, 6.07) is 0. The maximum absolute atomic E-state index is 10.0. The van der Waals surface area contributed by atoms with E-state index in [1.54, 1.807) is 0 Å². The van der Waals surface area contributed by atoms with Crippen molar-refractivity contribution in [2.24, 2.45) is 0 Å². The van der Waals surface area contributed by atoms with Crippen molar-refractivity contribution in [1.82, 2.24) is 12.3 Å². The average molecular weight is 393 g/mol. The van der Waals surface area contributed by atoms with Crippen LogP contribution in [0.5, 0.6) is 0 Å². The Kier molecular flexibility index (Phi) is 44.4. The van der Waals surface area contributed by atoms with Crippen molar-refractivity contribution < 1.29 is 42.5 Å². The quantitative estimate of drug-likeness (QED) is 0.196. The van der Waals surface area contributed by atoms with Gasteiger partial charge in [-0.3, -0.25) is 19.6 Å². The standard InChI is InChI=1S/CH4O9P2.2Ca.2Mg.2H3N.8H/c2-1(9-11(3,4)5)10-12(6,7)8;;;;;;;;;;;;;;/h(H2,3,4,5)(H2,6,7,8);;;;;2*1H3;;;;;;;;. The first-order chi connectivity index (χ1) is 5.10. The summed E-state index contributed by atoms with van der Waals surface area (Å²) >= 11 is 0. The van der Waals surface area contributed by atoms with Crippen molar-refractivity contribution in [3.63, 3.8) is 0 Å². The van der Waals surface area contributed by atoms with Crippen molar-refractivity contribution in [2.45, 2.75) is 0 Å². The Labute approximate surface area is 194 Å². The Morgan fingerprint density at radius 2 is 0.944 bits per heavy atom. The second-order valence-corrected chi connectivity index (χ2v) is 3.74. The summed E-state index contributed by atoms with van der Waals surface area (Å²) in [6.45, 7) is 0. The van der Waals surface area contributed by atoms with Crippen LogP contribution >= 0.6 is 15.6 Å². The number of hydrogen-bond acceptors (Lipinski definition) is 7. The van der Waals surface area contributed by atoms with Gasteiger partial charge in [-0.25, -0.2) is 13.9 Å². The molecule has 0 bridgehead atoms. The molecule has 17 heteroatoms. The van der Waals surface area contributed by atoms with E-state index in [0.717, 1.165) is 0 Å². The Morgan fingerprint density at radius 1 is 0.778 bits per heavy atom. The van der Waals surface area contributed by atoms with Gasteiger partial charge < -0.3 is 21.3 Å². The van der Waals surface area contributed by atoms with Gasteiger partial charge in [0.2, 0.25) is 0 Å². The van der Waals surface area contributed by atoms with Crippen LogP contribution in [0.15, 0.2) is 0 Å². The Balaban J connectivity index is -0.0000000403. The minimum atomic E-state index is -5.13. The molecule has 0 heterocycles. The molecule has 104 valence electrons. The van der Waals surface area contributed by atoms with Crippen LogP contribution in [0.1, 0.15) is 0 Å². The number of carbonyl (C=O) groups is 1. The summed E-state index contributed by atoms with van der Waals surface area (Å²) in [5.41, 5.74) is 0. The summed E-state index contributed by atoms with van der Waals surface area (Å²) in [7, 11) is -10.3. The SMILES string of the molecule is N.N.O=C(OP(=O)(O)O)OP(=O)(O)O.[CaH2].[CaH2].[MgH2].[MgH2]. The fourth-order valence-electron chi connectivity index (χ4n) is 0.211. The van der Waals surface area contributed by atoms with Crippen LogP contribution in [-0.4, -0.2) is 147 Å². The van der Waals surface area contributed by atoms with Crippen molar-refractivity contribution in [2.75, 3.05) is 0 Å². The van der Waals surface area contributed by atoms with E-state index in [4.69, 9.17) is 19.6 Å². The first-order valence-electron chi connectivity index (χ1n) is 2.14. The first kappa shape index (κ1) is 43.0. The van der Waals surface area contributed by atoms with Crippen molar-refractivity contribution in [3.05, 3.63) is 0 Å². The number of phosphoric ester groups is 2. The van der Waals surface area contributed by atoms with E-state index in [0.29, 0.717) is 0 Å². The molecule has 0 aliphatic carbocycles. The van der Waals surface area contributed by atoms with Crippen LogP contribution in [0.4, 0.5) is 4.79 Å². The average Bonchev–Trinajstić information content (AvgIpc) is 1.49. The third-order valence-electron chi connectivity index (χ3n) is 0.387. The van der Waals surface area contributed by atoms with Gasteiger partial charge in [0.15, 0.2) is 0 Å². The predicted octanol–water partition coefficient (Wildman–Crippen LogP) is -4.02. The normalized spacial score (nSPS) is 8.22. The number of hydrogen-bond donors (Lipinski definition) is 6. The van der Waals surface area contributed by atoms with E-state index in [2.05, 4.69) is 9.05 Å². The van der Waals surface area contributed by atoms with Crippen LogP contribution in [0.2, 0.25) is 0 Å². The van der Waals surface area contributed by atoms with Crippen LogP contribution < -0.4 is 12.3 Å². The van der Waals surface area contributed by atoms with E-state index < -0.39 is 21.8 Å². The third-order valence-corrected chi connectivity index (χ3v) is 1.16. The molecular formula is CH18Ca2Mg2N2O9P2. The molecule has 0 aromatic carbocycles. The molecule has 0 saturated heterocycles. The molecule has 0 aliphatic heterocycles. The molecule has 0 unspecified atom stereocenters. The van der Waals surface area contributed by atoms with E-state index in [1.807, 2.05) is 0 Å². The van der Waals surface area contributed by atoms with Crippen molar-refractivity contribution >= 4 is 143 Å². The zero-order valence-electron chi connectivity index (χ0n) is 6.64. The van der Waals surface area contributed by atoms with Crippen LogP contribution in [0.25, 0.3) is 0 Å². The van der Waals surface area contributed by atoms with Gasteiger partial charge in [-0.1, -0.05) is 0 Å². The molecule has 11 nitrogen and oxygen atoms in total. The van der Waals surface area contributed by atoms with Crippen molar-refractivity contribution in [1.29, 1.82) is 0 Å². The van der Waals surface area contributed by atoms with E-state index in [-0.39, 0.29) is 134 Å². The summed E-state index contributed by atoms with van der Waals surface area (Å²) in [5, 5.41) is 0. The molecule has 10 N–H and O–H groups in total. The first-order valence-corrected chi connectivity index (χ1v) is 5.20. The summed E-state index contributed by atoms with van der Waals surface area (Å²) in [4.78, 5) is 41.7. The number of rotatable bonds is 2. The molecule has 18 heavy (non-hydrogen) atoms. The van der Waals surface area contributed by atoms with Gasteiger partial charge >= 0.3 is 143 Å². The largest absolute Gasteiger partial charge is 0.316 e. The Bertz CT molecular complexity index is 254. The summed E-state index contributed by atoms with van der Waals surface area (Å²) in [6.07, 6.45) is -2.14. The molecule has 0 fully saturated rings. The maximum Gasteiger partial charge on any atom is 0.316 e. The van der Waals surface area contributed by atoms with Gasteiger partial charge in [-0.05, 0) is 0 Å². The second kappa shape index (κ2) is 18.6. The maximum atomic E-state index is 10.0. The molecular weight excluding hydrogens is 375 g/mol. The van der Waals surface area contributed by atoms with Gasteiger partial charge in [0, 0.05) is 0 Å². The molecule has 0 aromatic rings. The molecule has 0 atom stereocenters. The fourth-order valence-corrected chi connectivity index (χ4v) is 0.733. The van der Waals surface area contributed by atoms with E-state index in [1.165, 1.54) is 0 Å². The molecule has 0 amide bonds. The number of phosphoric acid groups is 2. The molecule has 0 aliphatic rings. The smallest absolute Gasteiger partial charge is 0.316 e. The minimum Gasteiger partial charge on any atom is 0.316 e. The van der Waals surface area contributed by atoms with E-state index in [9.17, 15) is 13.9 Å². The van der Waals surface area contributed by atoms with Crippen LogP contribution in [0, 0.1) is 0 Å².